The van der Waals surface area contributed by atoms with E-state index in [0.717, 1.165) is 29.2 Å². The highest BCUT2D eigenvalue weighted by molar-refractivity contribution is 14.0. The van der Waals surface area contributed by atoms with Gasteiger partial charge in [0.15, 0.2) is 5.96 Å². The zero-order chi connectivity index (χ0) is 18.8. The van der Waals surface area contributed by atoms with Crippen LogP contribution in [0, 0.1) is 0 Å². The molecule has 0 saturated carbocycles. The molecule has 1 aromatic heterocycles. The number of thiophene rings is 1. The molecule has 1 aromatic carbocycles. The summed E-state index contributed by atoms with van der Waals surface area (Å²) in [6, 6.07) is 12.2. The summed E-state index contributed by atoms with van der Waals surface area (Å²) < 4.78 is 5.41. The Labute approximate surface area is 183 Å². The van der Waals surface area contributed by atoms with Crippen LogP contribution in [-0.2, 0) is 23.5 Å². The highest BCUT2D eigenvalue weighted by Crippen LogP contribution is 2.24. The molecule has 1 unspecified atom stereocenters. The van der Waals surface area contributed by atoms with Gasteiger partial charge in [-0.15, -0.1) is 35.3 Å². The van der Waals surface area contributed by atoms with Crippen LogP contribution in [0.3, 0.4) is 0 Å². The Morgan fingerprint density at radius 1 is 1.15 bits per heavy atom. The molecule has 0 aliphatic rings. The molecule has 0 fully saturated rings. The summed E-state index contributed by atoms with van der Waals surface area (Å²) in [5.41, 5.74) is 1.37. The molecule has 0 spiro atoms. The van der Waals surface area contributed by atoms with Crippen LogP contribution in [0.4, 0.5) is 0 Å². The minimum atomic E-state index is -0.925. The van der Waals surface area contributed by atoms with Gasteiger partial charge in [0.25, 0.3) is 0 Å². The van der Waals surface area contributed by atoms with Crippen molar-refractivity contribution in [3.8, 4) is 0 Å². The van der Waals surface area contributed by atoms with Crippen molar-refractivity contribution >= 4 is 41.3 Å². The minimum Gasteiger partial charge on any atom is -0.383 e. The molecule has 0 saturated heterocycles. The van der Waals surface area contributed by atoms with Crippen molar-refractivity contribution in [3.05, 3.63) is 57.8 Å². The average molecular weight is 503 g/mol. The fourth-order valence-electron chi connectivity index (χ4n) is 2.40. The van der Waals surface area contributed by atoms with E-state index in [4.69, 9.17) is 4.74 Å². The monoisotopic (exact) mass is 503 g/mol. The second-order valence-corrected chi connectivity index (χ2v) is 7.20. The lowest BCUT2D eigenvalue weighted by Gasteiger charge is -2.23. The maximum atomic E-state index is 10.6. The van der Waals surface area contributed by atoms with Crippen molar-refractivity contribution in [2.75, 3.05) is 19.7 Å². The normalized spacial score (nSPS) is 13.6. The molecular weight excluding hydrogens is 473 g/mol. The Bertz CT molecular complexity index is 673. The first-order valence-electron chi connectivity index (χ1n) is 8.99. The largest absolute Gasteiger partial charge is 0.383 e. The maximum absolute atomic E-state index is 10.6. The van der Waals surface area contributed by atoms with Gasteiger partial charge in [-0.25, -0.2) is 4.99 Å². The third-order valence-corrected chi connectivity index (χ3v) is 5.03. The summed E-state index contributed by atoms with van der Waals surface area (Å²) in [4.78, 5) is 5.55. The van der Waals surface area contributed by atoms with E-state index in [1.54, 1.807) is 11.3 Å². The van der Waals surface area contributed by atoms with Gasteiger partial charge in [0, 0.05) is 18.0 Å². The molecule has 0 bridgehead atoms. The quantitative estimate of drug-likeness (QED) is 0.276. The van der Waals surface area contributed by atoms with Gasteiger partial charge in [0.05, 0.1) is 19.7 Å². The van der Waals surface area contributed by atoms with Crippen LogP contribution in [-0.4, -0.2) is 30.8 Å². The Kier molecular flexibility index (Phi) is 10.9. The molecule has 5 nitrogen and oxygen atoms in total. The summed E-state index contributed by atoms with van der Waals surface area (Å²) in [7, 11) is 0. The second kappa shape index (κ2) is 12.3. The van der Waals surface area contributed by atoms with Crippen LogP contribution in [0.1, 0.15) is 36.8 Å². The van der Waals surface area contributed by atoms with E-state index in [2.05, 4.69) is 39.9 Å². The molecule has 1 heterocycles. The van der Waals surface area contributed by atoms with Crippen LogP contribution in [0.5, 0.6) is 0 Å². The van der Waals surface area contributed by atoms with Crippen molar-refractivity contribution < 1.29 is 9.84 Å². The van der Waals surface area contributed by atoms with Gasteiger partial charge in [-0.1, -0.05) is 30.3 Å². The summed E-state index contributed by atoms with van der Waals surface area (Å²) in [6.45, 7) is 8.93. The summed E-state index contributed by atoms with van der Waals surface area (Å²) >= 11 is 1.55. The van der Waals surface area contributed by atoms with Gasteiger partial charge < -0.3 is 20.5 Å². The number of rotatable bonds is 9. The molecule has 0 aliphatic carbocycles. The predicted octanol–water partition coefficient (Wildman–Crippen LogP) is 3.87. The van der Waals surface area contributed by atoms with Crippen molar-refractivity contribution in [2.24, 2.45) is 4.99 Å². The molecule has 0 aliphatic heterocycles. The van der Waals surface area contributed by atoms with E-state index < -0.39 is 5.60 Å². The number of hydrogen-bond acceptors (Lipinski definition) is 4. The molecule has 3 N–H and O–H groups in total. The first kappa shape index (κ1) is 23.9. The van der Waals surface area contributed by atoms with E-state index in [0.29, 0.717) is 25.7 Å². The molecule has 0 radical (unpaired) electrons. The molecule has 1 atom stereocenters. The third kappa shape index (κ3) is 8.16. The van der Waals surface area contributed by atoms with Gasteiger partial charge in [-0.2, -0.15) is 0 Å². The Morgan fingerprint density at radius 3 is 2.44 bits per heavy atom. The SMILES string of the molecule is CCNC(=NCc1ccc(COCC)cc1)NCC(C)(O)c1cccs1.I. The number of guanidine groups is 1. The van der Waals surface area contributed by atoms with E-state index in [1.165, 1.54) is 0 Å². The average Bonchev–Trinajstić information content (AvgIpc) is 3.19. The fraction of sp³-hybridized carbons (Fsp3) is 0.450. The maximum Gasteiger partial charge on any atom is 0.191 e. The van der Waals surface area contributed by atoms with Crippen LogP contribution in [0.15, 0.2) is 46.8 Å². The van der Waals surface area contributed by atoms with Crippen molar-refractivity contribution in [3.63, 3.8) is 0 Å². The summed E-state index contributed by atoms with van der Waals surface area (Å²) in [6.07, 6.45) is 0. The highest BCUT2D eigenvalue weighted by atomic mass is 127. The fourth-order valence-corrected chi connectivity index (χ4v) is 3.19. The number of halogens is 1. The molecule has 2 rings (SSSR count). The number of aliphatic imine (C=N–C) groups is 1. The lowest BCUT2D eigenvalue weighted by atomic mass is 10.1. The Balaban J connectivity index is 0.00000364. The third-order valence-electron chi connectivity index (χ3n) is 3.91. The van der Waals surface area contributed by atoms with Crippen LogP contribution in [0.25, 0.3) is 0 Å². The van der Waals surface area contributed by atoms with Gasteiger partial charge in [0.1, 0.15) is 5.60 Å². The van der Waals surface area contributed by atoms with E-state index in [9.17, 15) is 5.11 Å². The zero-order valence-electron chi connectivity index (χ0n) is 16.2. The number of hydrogen-bond donors (Lipinski definition) is 3. The van der Waals surface area contributed by atoms with Crippen molar-refractivity contribution in [2.45, 2.75) is 39.5 Å². The Morgan fingerprint density at radius 2 is 1.85 bits per heavy atom. The van der Waals surface area contributed by atoms with Crippen molar-refractivity contribution in [1.82, 2.24) is 10.6 Å². The lowest BCUT2D eigenvalue weighted by molar-refractivity contribution is 0.0655. The number of nitrogens with one attached hydrogen (secondary N) is 2. The zero-order valence-corrected chi connectivity index (χ0v) is 19.3. The van der Waals surface area contributed by atoms with Crippen molar-refractivity contribution in [1.29, 1.82) is 0 Å². The molecule has 2 aromatic rings. The van der Waals surface area contributed by atoms with Crippen LogP contribution >= 0.6 is 35.3 Å². The van der Waals surface area contributed by atoms with E-state index >= 15 is 0 Å². The number of benzene rings is 1. The van der Waals surface area contributed by atoms with Gasteiger partial charge in [0.2, 0.25) is 0 Å². The predicted molar refractivity (Wildman–Crippen MR) is 124 cm³/mol. The van der Waals surface area contributed by atoms with Gasteiger partial charge >= 0.3 is 0 Å². The number of ether oxygens (including phenoxy) is 1. The second-order valence-electron chi connectivity index (χ2n) is 6.25. The summed E-state index contributed by atoms with van der Waals surface area (Å²) in [5, 5.41) is 19.1. The molecule has 27 heavy (non-hydrogen) atoms. The molecule has 150 valence electrons. The topological polar surface area (TPSA) is 65.9 Å². The van der Waals surface area contributed by atoms with Gasteiger partial charge in [-0.05, 0) is 43.3 Å². The van der Waals surface area contributed by atoms with Gasteiger partial charge in [-0.3, -0.25) is 0 Å². The highest BCUT2D eigenvalue weighted by Gasteiger charge is 2.24. The number of nitrogens with zero attached hydrogens (tertiary/aromatic N) is 1. The smallest absolute Gasteiger partial charge is 0.191 e. The Hall–Kier alpha value is -1.16. The van der Waals surface area contributed by atoms with Crippen LogP contribution < -0.4 is 10.6 Å². The van der Waals surface area contributed by atoms with E-state index in [-0.39, 0.29) is 24.0 Å². The van der Waals surface area contributed by atoms with Crippen LogP contribution in [0.2, 0.25) is 0 Å². The number of aliphatic hydroxyl groups is 1. The molecular formula is C20H30IN3O2S. The molecule has 7 heteroatoms. The molecule has 0 amide bonds. The first-order valence-corrected chi connectivity index (χ1v) is 9.87. The van der Waals surface area contributed by atoms with E-state index in [1.807, 2.05) is 38.3 Å². The first-order chi connectivity index (χ1) is 12.5. The minimum absolute atomic E-state index is 0. The standard InChI is InChI=1S/C20H29N3O2S.HI/c1-4-21-19(23-15-20(3,24)18-7-6-12-26-18)22-13-16-8-10-17(11-9-16)14-25-5-2;/h6-12,24H,4-5,13-15H2,1-3H3,(H2,21,22,23);1H. The summed E-state index contributed by atoms with van der Waals surface area (Å²) in [5.74, 6) is 0.697. The lowest BCUT2D eigenvalue weighted by Crippen LogP contribution is -2.44.